The second-order valence-corrected chi connectivity index (χ2v) is 5.85. The third kappa shape index (κ3) is 4.46. The molecule has 1 heterocycles. The second kappa shape index (κ2) is 8.08. The first-order valence-electron chi connectivity index (χ1n) is 8.52. The van der Waals surface area contributed by atoms with E-state index in [-0.39, 0.29) is 11.4 Å². The Balaban J connectivity index is 1.79. The van der Waals surface area contributed by atoms with Crippen molar-refractivity contribution in [2.45, 2.75) is 13.1 Å². The lowest BCUT2D eigenvalue weighted by Crippen LogP contribution is -2.21. The van der Waals surface area contributed by atoms with Crippen molar-refractivity contribution >= 4 is 23.2 Å². The fraction of sp³-hybridized carbons (Fsp3) is 0.150. The molecule has 0 aliphatic heterocycles. The van der Waals surface area contributed by atoms with Gasteiger partial charge in [-0.15, -0.1) is 0 Å². The molecule has 28 heavy (non-hydrogen) atoms. The summed E-state index contributed by atoms with van der Waals surface area (Å²) < 4.78 is 37.9. The highest BCUT2D eigenvalue weighted by Gasteiger charge is 2.30. The highest BCUT2D eigenvalue weighted by molar-refractivity contribution is 6.03. The van der Waals surface area contributed by atoms with Crippen molar-refractivity contribution in [3.8, 4) is 0 Å². The minimum absolute atomic E-state index is 0.110. The Kier molecular flexibility index (Phi) is 5.58. The van der Waals surface area contributed by atoms with E-state index in [0.29, 0.717) is 12.5 Å². The first-order valence-corrected chi connectivity index (χ1v) is 8.52. The van der Waals surface area contributed by atoms with Crippen LogP contribution in [0.2, 0.25) is 0 Å². The van der Waals surface area contributed by atoms with E-state index in [1.54, 1.807) is 0 Å². The molecule has 0 radical (unpaired) electrons. The predicted molar refractivity (Wildman–Crippen MR) is 101 cm³/mol. The topological polar surface area (TPSA) is 58.1 Å². The van der Waals surface area contributed by atoms with Gasteiger partial charge in [0, 0.05) is 24.1 Å². The van der Waals surface area contributed by atoms with E-state index in [9.17, 15) is 18.0 Å². The molecule has 0 fully saturated rings. The number of aromatic nitrogens is 2. The lowest BCUT2D eigenvalue weighted by Gasteiger charge is -2.21. The molecule has 0 unspecified atom stereocenters. The van der Waals surface area contributed by atoms with Crippen molar-refractivity contribution in [2.75, 3.05) is 16.8 Å². The lowest BCUT2D eigenvalue weighted by atomic mass is 10.2. The van der Waals surface area contributed by atoms with Gasteiger partial charge in [0.15, 0.2) is 0 Å². The Hall–Kier alpha value is -3.42. The van der Waals surface area contributed by atoms with E-state index in [0.717, 1.165) is 17.8 Å². The largest absolute Gasteiger partial charge is 0.416 e. The number of anilines is 3. The van der Waals surface area contributed by atoms with Crippen LogP contribution in [0.5, 0.6) is 0 Å². The zero-order valence-corrected chi connectivity index (χ0v) is 14.9. The monoisotopic (exact) mass is 386 g/mol. The molecular formula is C20H17F3N4O. The number of hydrogen-bond donors (Lipinski definition) is 1. The molecule has 0 aliphatic rings. The van der Waals surface area contributed by atoms with Crippen molar-refractivity contribution in [2.24, 2.45) is 0 Å². The Bertz CT molecular complexity index is 944. The summed E-state index contributed by atoms with van der Waals surface area (Å²) >= 11 is 0. The van der Waals surface area contributed by atoms with Crippen LogP contribution in [0.1, 0.15) is 23.0 Å². The van der Waals surface area contributed by atoms with Crippen molar-refractivity contribution in [1.82, 2.24) is 9.97 Å². The van der Waals surface area contributed by atoms with Gasteiger partial charge in [-0.3, -0.25) is 4.79 Å². The Labute approximate surface area is 159 Å². The molecule has 1 aromatic heterocycles. The van der Waals surface area contributed by atoms with Crippen LogP contribution < -0.4 is 10.2 Å². The van der Waals surface area contributed by atoms with Crippen LogP contribution in [0, 0.1) is 0 Å². The third-order valence-electron chi connectivity index (χ3n) is 3.97. The van der Waals surface area contributed by atoms with Gasteiger partial charge < -0.3 is 10.2 Å². The maximum Gasteiger partial charge on any atom is 0.416 e. The first-order chi connectivity index (χ1) is 13.4. The van der Waals surface area contributed by atoms with E-state index < -0.39 is 17.6 Å². The number of nitrogens with one attached hydrogen (secondary N) is 1. The van der Waals surface area contributed by atoms with Crippen LogP contribution in [0.4, 0.5) is 30.5 Å². The van der Waals surface area contributed by atoms with Crippen LogP contribution >= 0.6 is 0 Å². The average molecular weight is 386 g/mol. The van der Waals surface area contributed by atoms with Gasteiger partial charge in [0.05, 0.1) is 5.56 Å². The number of halogens is 3. The van der Waals surface area contributed by atoms with E-state index in [1.807, 2.05) is 42.2 Å². The maximum absolute atomic E-state index is 12.6. The van der Waals surface area contributed by atoms with E-state index in [2.05, 4.69) is 15.3 Å². The summed E-state index contributed by atoms with van der Waals surface area (Å²) in [5.74, 6) is -0.179. The molecule has 2 aromatic carbocycles. The summed E-state index contributed by atoms with van der Waals surface area (Å²) in [5.41, 5.74) is 0.453. The molecule has 3 rings (SSSR count). The predicted octanol–water partition coefficient (Wildman–Crippen LogP) is 4.91. The maximum atomic E-state index is 12.6. The van der Waals surface area contributed by atoms with Gasteiger partial charge in [-0.2, -0.15) is 13.2 Å². The molecule has 0 aliphatic carbocycles. The Morgan fingerprint density at radius 1 is 1.04 bits per heavy atom. The minimum Gasteiger partial charge on any atom is -0.321 e. The number of nitrogens with zero attached hydrogens (tertiary/aromatic N) is 3. The van der Waals surface area contributed by atoms with Crippen LogP contribution in [0.15, 0.2) is 66.9 Å². The van der Waals surface area contributed by atoms with Crippen molar-refractivity contribution < 1.29 is 18.0 Å². The fourth-order valence-electron chi connectivity index (χ4n) is 2.59. The van der Waals surface area contributed by atoms with Crippen molar-refractivity contribution in [3.63, 3.8) is 0 Å². The molecule has 0 saturated heterocycles. The molecule has 0 atom stereocenters. The standard InChI is InChI=1S/C20H17F3N4O/c1-2-27(16-6-4-3-5-7-16)19-24-13-12-17(26-19)18(28)25-15-10-8-14(9-11-15)20(21,22)23/h3-13H,2H2,1H3,(H,25,28). The van der Waals surface area contributed by atoms with Gasteiger partial charge in [0.1, 0.15) is 5.69 Å². The zero-order chi connectivity index (χ0) is 20.1. The second-order valence-electron chi connectivity index (χ2n) is 5.85. The number of para-hydroxylation sites is 1. The number of amides is 1. The number of carbonyl (C=O) groups excluding carboxylic acids is 1. The summed E-state index contributed by atoms with van der Waals surface area (Å²) in [7, 11) is 0. The molecule has 0 saturated carbocycles. The summed E-state index contributed by atoms with van der Waals surface area (Å²) in [6.45, 7) is 2.53. The van der Waals surface area contributed by atoms with Gasteiger partial charge in [-0.25, -0.2) is 9.97 Å². The number of benzene rings is 2. The molecule has 3 aromatic rings. The van der Waals surface area contributed by atoms with Crippen molar-refractivity contribution in [3.05, 3.63) is 78.1 Å². The lowest BCUT2D eigenvalue weighted by molar-refractivity contribution is -0.137. The number of alkyl halides is 3. The van der Waals surface area contributed by atoms with Gasteiger partial charge in [-0.1, -0.05) is 18.2 Å². The summed E-state index contributed by atoms with van der Waals surface area (Å²) in [4.78, 5) is 22.8. The number of rotatable bonds is 5. The zero-order valence-electron chi connectivity index (χ0n) is 14.9. The molecule has 5 nitrogen and oxygen atoms in total. The van der Waals surface area contributed by atoms with Gasteiger partial charge >= 0.3 is 6.18 Å². The quantitative estimate of drug-likeness (QED) is 0.677. The third-order valence-corrected chi connectivity index (χ3v) is 3.97. The molecule has 8 heteroatoms. The summed E-state index contributed by atoms with van der Waals surface area (Å²) in [6.07, 6.45) is -2.96. The summed E-state index contributed by atoms with van der Waals surface area (Å²) in [5, 5.41) is 2.55. The van der Waals surface area contributed by atoms with E-state index in [4.69, 9.17) is 0 Å². The highest BCUT2D eigenvalue weighted by Crippen LogP contribution is 2.30. The van der Waals surface area contributed by atoms with E-state index >= 15 is 0 Å². The SMILES string of the molecule is CCN(c1ccccc1)c1nccc(C(=O)Nc2ccc(C(F)(F)F)cc2)n1. The molecular weight excluding hydrogens is 369 g/mol. The van der Waals surface area contributed by atoms with Gasteiger partial charge in [0.2, 0.25) is 5.95 Å². The van der Waals surface area contributed by atoms with Crippen LogP contribution in [0.25, 0.3) is 0 Å². The molecule has 0 spiro atoms. The van der Waals surface area contributed by atoms with Crippen LogP contribution in [-0.4, -0.2) is 22.4 Å². The number of hydrogen-bond acceptors (Lipinski definition) is 4. The highest BCUT2D eigenvalue weighted by atomic mass is 19.4. The molecule has 0 bridgehead atoms. The average Bonchev–Trinajstić information content (AvgIpc) is 2.69. The summed E-state index contributed by atoms with van der Waals surface area (Å²) in [6, 6.07) is 15.1. The Morgan fingerprint density at radius 2 is 1.71 bits per heavy atom. The van der Waals surface area contributed by atoms with E-state index in [1.165, 1.54) is 24.4 Å². The first kappa shape index (κ1) is 19.3. The molecule has 1 N–H and O–H groups in total. The van der Waals surface area contributed by atoms with Crippen LogP contribution in [0.3, 0.4) is 0 Å². The van der Waals surface area contributed by atoms with Gasteiger partial charge in [-0.05, 0) is 49.4 Å². The molecule has 1 amide bonds. The van der Waals surface area contributed by atoms with Crippen molar-refractivity contribution in [1.29, 1.82) is 0 Å². The number of carbonyl (C=O) groups is 1. The van der Waals surface area contributed by atoms with Gasteiger partial charge in [0.25, 0.3) is 5.91 Å². The van der Waals surface area contributed by atoms with Crippen LogP contribution in [-0.2, 0) is 6.18 Å². The fourth-order valence-corrected chi connectivity index (χ4v) is 2.59. The normalized spacial score (nSPS) is 11.1. The molecule has 144 valence electrons. The Morgan fingerprint density at radius 3 is 2.32 bits per heavy atom. The smallest absolute Gasteiger partial charge is 0.321 e. The minimum atomic E-state index is -4.43.